The van der Waals surface area contributed by atoms with Gasteiger partial charge in [0.1, 0.15) is 0 Å². The summed E-state index contributed by atoms with van der Waals surface area (Å²) < 4.78 is 0. The highest BCUT2D eigenvalue weighted by molar-refractivity contribution is 5.94. The maximum atomic E-state index is 11.7. The maximum Gasteiger partial charge on any atom is 0.271 e. The van der Waals surface area contributed by atoms with E-state index in [1.807, 2.05) is 0 Å². The summed E-state index contributed by atoms with van der Waals surface area (Å²) in [7, 11) is 0. The van der Waals surface area contributed by atoms with Crippen LogP contribution in [0, 0.1) is 16.0 Å². The van der Waals surface area contributed by atoms with E-state index in [4.69, 9.17) is 0 Å². The summed E-state index contributed by atoms with van der Waals surface area (Å²) in [4.78, 5) is 21.7. The Morgan fingerprint density at radius 1 is 1.37 bits per heavy atom. The van der Waals surface area contributed by atoms with Crippen LogP contribution in [0.5, 0.6) is 0 Å². The first kappa shape index (κ1) is 14.8. The van der Waals surface area contributed by atoms with Gasteiger partial charge in [-0.05, 0) is 30.9 Å². The highest BCUT2D eigenvalue weighted by atomic mass is 16.6. The van der Waals surface area contributed by atoms with Crippen LogP contribution >= 0.6 is 0 Å². The molecule has 1 rings (SSSR count). The van der Waals surface area contributed by atoms with E-state index in [2.05, 4.69) is 24.4 Å². The predicted octanol–water partition coefficient (Wildman–Crippen LogP) is 2.75. The van der Waals surface area contributed by atoms with Gasteiger partial charge in [0.2, 0.25) is 0 Å². The molecule has 0 aliphatic heterocycles. The number of carbonyl (C=O) groups excluding carboxylic acids is 1. The second-order valence-electron chi connectivity index (χ2n) is 4.10. The lowest BCUT2D eigenvalue weighted by Gasteiger charge is -2.04. The standard InChI is InChI=1S/C13H17N3O3/c1-3-10(4-2)9-14-15-13(17)11-5-7-12(8-6-11)16(18)19/h5-10H,3-4H2,1-2H3,(H,15,17)/b14-9+. The van der Waals surface area contributed by atoms with Crippen molar-refractivity contribution in [3.8, 4) is 0 Å². The predicted molar refractivity (Wildman–Crippen MR) is 73.1 cm³/mol. The van der Waals surface area contributed by atoms with E-state index in [0.29, 0.717) is 11.5 Å². The third-order valence-corrected chi connectivity index (χ3v) is 2.84. The topological polar surface area (TPSA) is 84.6 Å². The van der Waals surface area contributed by atoms with Gasteiger partial charge in [-0.3, -0.25) is 14.9 Å². The lowest BCUT2D eigenvalue weighted by Crippen LogP contribution is -2.18. The number of nitro groups is 1. The molecule has 6 heteroatoms. The van der Waals surface area contributed by atoms with Crippen LogP contribution in [0.3, 0.4) is 0 Å². The number of carbonyl (C=O) groups is 1. The molecule has 0 saturated carbocycles. The van der Waals surface area contributed by atoms with Crippen LogP contribution in [0.25, 0.3) is 0 Å². The first-order valence-electron chi connectivity index (χ1n) is 6.16. The third kappa shape index (κ3) is 4.50. The molecule has 0 radical (unpaired) electrons. The Labute approximate surface area is 111 Å². The number of hydrazone groups is 1. The molecule has 1 aromatic rings. The van der Waals surface area contributed by atoms with E-state index in [-0.39, 0.29) is 11.6 Å². The Kier molecular flexibility index (Phi) is 5.66. The van der Waals surface area contributed by atoms with Gasteiger partial charge in [0, 0.05) is 23.9 Å². The third-order valence-electron chi connectivity index (χ3n) is 2.84. The van der Waals surface area contributed by atoms with Gasteiger partial charge in [-0.1, -0.05) is 13.8 Å². The van der Waals surface area contributed by atoms with Gasteiger partial charge in [-0.2, -0.15) is 5.10 Å². The molecule has 0 heterocycles. The Hall–Kier alpha value is -2.24. The molecule has 0 aromatic heterocycles. The molecular weight excluding hydrogens is 246 g/mol. The van der Waals surface area contributed by atoms with Crippen molar-refractivity contribution < 1.29 is 9.72 Å². The first-order valence-corrected chi connectivity index (χ1v) is 6.16. The highest BCUT2D eigenvalue weighted by Crippen LogP contribution is 2.11. The monoisotopic (exact) mass is 263 g/mol. The van der Waals surface area contributed by atoms with Gasteiger partial charge < -0.3 is 0 Å². The van der Waals surface area contributed by atoms with Gasteiger partial charge in [-0.25, -0.2) is 5.43 Å². The summed E-state index contributed by atoms with van der Waals surface area (Å²) in [6.07, 6.45) is 3.64. The first-order chi connectivity index (χ1) is 9.08. The number of nitro benzene ring substituents is 1. The molecule has 0 atom stereocenters. The Morgan fingerprint density at radius 2 is 1.95 bits per heavy atom. The van der Waals surface area contributed by atoms with Gasteiger partial charge in [0.15, 0.2) is 0 Å². The second kappa shape index (κ2) is 7.25. The second-order valence-corrected chi connectivity index (χ2v) is 4.10. The number of nitrogens with one attached hydrogen (secondary N) is 1. The smallest absolute Gasteiger partial charge is 0.267 e. The maximum absolute atomic E-state index is 11.7. The number of rotatable bonds is 6. The number of benzene rings is 1. The summed E-state index contributed by atoms with van der Waals surface area (Å²) >= 11 is 0. The van der Waals surface area contributed by atoms with E-state index in [1.54, 1.807) is 6.21 Å². The number of hydrogen-bond donors (Lipinski definition) is 1. The Balaban J connectivity index is 2.61. The SMILES string of the molecule is CCC(/C=N/NC(=O)c1ccc([N+](=O)[O-])cc1)CC. The summed E-state index contributed by atoms with van der Waals surface area (Å²) in [6, 6.07) is 5.39. The van der Waals surface area contributed by atoms with Crippen molar-refractivity contribution in [1.82, 2.24) is 5.43 Å². The van der Waals surface area contributed by atoms with Crippen molar-refractivity contribution in [1.29, 1.82) is 0 Å². The molecule has 0 saturated heterocycles. The average Bonchev–Trinajstić information content (AvgIpc) is 2.43. The molecule has 0 unspecified atom stereocenters. The molecule has 0 fully saturated rings. The minimum atomic E-state index is -0.507. The lowest BCUT2D eigenvalue weighted by molar-refractivity contribution is -0.384. The minimum Gasteiger partial charge on any atom is -0.267 e. The molecule has 102 valence electrons. The molecule has 0 spiro atoms. The van der Waals surface area contributed by atoms with E-state index >= 15 is 0 Å². The molecule has 6 nitrogen and oxygen atoms in total. The fraction of sp³-hybridized carbons (Fsp3) is 0.385. The van der Waals surface area contributed by atoms with Gasteiger partial charge >= 0.3 is 0 Å². The molecule has 19 heavy (non-hydrogen) atoms. The number of hydrogen-bond acceptors (Lipinski definition) is 4. The minimum absolute atomic E-state index is 0.0444. The fourth-order valence-electron chi connectivity index (χ4n) is 1.50. The zero-order valence-corrected chi connectivity index (χ0v) is 11.0. The molecule has 1 N–H and O–H groups in total. The van der Waals surface area contributed by atoms with Crippen LogP contribution in [-0.4, -0.2) is 17.0 Å². The van der Waals surface area contributed by atoms with Crippen LogP contribution in [-0.2, 0) is 0 Å². The van der Waals surface area contributed by atoms with Crippen molar-refractivity contribution >= 4 is 17.8 Å². The summed E-state index contributed by atoms with van der Waals surface area (Å²) in [5.74, 6) is -0.0331. The van der Waals surface area contributed by atoms with Gasteiger partial charge in [0.05, 0.1) is 4.92 Å². The largest absolute Gasteiger partial charge is 0.271 e. The number of amides is 1. The van der Waals surface area contributed by atoms with E-state index < -0.39 is 4.92 Å². The Morgan fingerprint density at radius 3 is 2.42 bits per heavy atom. The lowest BCUT2D eigenvalue weighted by atomic mass is 10.1. The van der Waals surface area contributed by atoms with Gasteiger partial charge in [0.25, 0.3) is 11.6 Å². The molecule has 0 aliphatic rings. The average molecular weight is 263 g/mol. The van der Waals surface area contributed by atoms with E-state index in [9.17, 15) is 14.9 Å². The van der Waals surface area contributed by atoms with Crippen LogP contribution in [0.4, 0.5) is 5.69 Å². The van der Waals surface area contributed by atoms with Crippen molar-refractivity contribution in [2.75, 3.05) is 0 Å². The number of non-ortho nitro benzene ring substituents is 1. The zero-order chi connectivity index (χ0) is 14.3. The van der Waals surface area contributed by atoms with Crippen LogP contribution in [0.1, 0.15) is 37.0 Å². The van der Waals surface area contributed by atoms with Crippen LogP contribution < -0.4 is 5.43 Å². The quantitative estimate of drug-likeness (QED) is 0.486. The summed E-state index contributed by atoms with van der Waals surface area (Å²) in [5.41, 5.74) is 2.70. The summed E-state index contributed by atoms with van der Waals surface area (Å²) in [5, 5.41) is 14.4. The fourth-order valence-corrected chi connectivity index (χ4v) is 1.50. The zero-order valence-electron chi connectivity index (χ0n) is 11.0. The van der Waals surface area contributed by atoms with Crippen LogP contribution in [0.15, 0.2) is 29.4 Å². The van der Waals surface area contributed by atoms with Crippen molar-refractivity contribution in [2.24, 2.45) is 11.0 Å². The van der Waals surface area contributed by atoms with Gasteiger partial charge in [-0.15, -0.1) is 0 Å². The van der Waals surface area contributed by atoms with Crippen molar-refractivity contribution in [3.63, 3.8) is 0 Å². The molecule has 0 aliphatic carbocycles. The molecule has 0 bridgehead atoms. The van der Waals surface area contributed by atoms with Crippen LogP contribution in [0.2, 0.25) is 0 Å². The summed E-state index contributed by atoms with van der Waals surface area (Å²) in [6.45, 7) is 4.11. The normalized spacial score (nSPS) is 10.9. The molecule has 1 aromatic carbocycles. The molecular formula is C13H17N3O3. The highest BCUT2D eigenvalue weighted by Gasteiger charge is 2.08. The number of nitrogens with zero attached hydrogens (tertiary/aromatic N) is 2. The molecule has 1 amide bonds. The Bertz CT molecular complexity index is 465. The van der Waals surface area contributed by atoms with Crippen molar-refractivity contribution in [3.05, 3.63) is 39.9 Å². The van der Waals surface area contributed by atoms with E-state index in [0.717, 1.165) is 12.8 Å². The van der Waals surface area contributed by atoms with Crippen molar-refractivity contribution in [2.45, 2.75) is 26.7 Å². The van der Waals surface area contributed by atoms with E-state index in [1.165, 1.54) is 24.3 Å².